The molecule has 3 atom stereocenters. The first-order chi connectivity index (χ1) is 11.2. The summed E-state index contributed by atoms with van der Waals surface area (Å²) in [4.78, 5) is 25.3. The highest BCUT2D eigenvalue weighted by Gasteiger charge is 2.56. The molecule has 3 rings (SSSR count). The maximum absolute atomic E-state index is 13.3. The van der Waals surface area contributed by atoms with Gasteiger partial charge < -0.3 is 15.3 Å². The molecule has 0 spiro atoms. The van der Waals surface area contributed by atoms with Crippen molar-refractivity contribution in [1.82, 2.24) is 10.2 Å². The number of carboxylic acid groups (broad SMARTS) is 1. The lowest BCUT2D eigenvalue weighted by Gasteiger charge is -2.30. The minimum Gasteiger partial charge on any atom is -0.481 e. The van der Waals surface area contributed by atoms with Gasteiger partial charge in [0.2, 0.25) is 0 Å². The van der Waals surface area contributed by atoms with Crippen LogP contribution in [0.4, 0.5) is 18.0 Å². The van der Waals surface area contributed by atoms with Crippen LogP contribution in [-0.2, 0) is 4.79 Å². The van der Waals surface area contributed by atoms with Gasteiger partial charge in [0, 0.05) is 13.1 Å². The quantitative estimate of drug-likeness (QED) is 0.824. The summed E-state index contributed by atoms with van der Waals surface area (Å²) < 4.78 is 40.0. The number of hydrogen-bond acceptors (Lipinski definition) is 2. The van der Waals surface area contributed by atoms with Crippen molar-refractivity contribution in [3.63, 3.8) is 0 Å². The smallest absolute Gasteiger partial charge is 0.408 e. The summed E-state index contributed by atoms with van der Waals surface area (Å²) >= 11 is 0. The van der Waals surface area contributed by atoms with Crippen molar-refractivity contribution >= 4 is 12.0 Å². The highest BCUT2D eigenvalue weighted by Crippen LogP contribution is 2.49. The molecule has 3 fully saturated rings. The summed E-state index contributed by atoms with van der Waals surface area (Å²) in [6.07, 6.45) is -0.0612. The minimum atomic E-state index is -4.48. The Hall–Kier alpha value is -1.47. The molecule has 2 N–H and O–H groups in total. The van der Waals surface area contributed by atoms with Crippen LogP contribution in [0.25, 0.3) is 0 Å². The first-order valence-electron chi connectivity index (χ1n) is 8.59. The number of fused-ring (bicyclic) bond motifs is 1. The second kappa shape index (κ2) is 6.11. The second-order valence-corrected chi connectivity index (χ2v) is 7.44. The van der Waals surface area contributed by atoms with Crippen molar-refractivity contribution in [1.29, 1.82) is 0 Å². The van der Waals surface area contributed by atoms with Crippen LogP contribution in [0.2, 0.25) is 0 Å². The predicted octanol–water partition coefficient (Wildman–Crippen LogP) is 3.00. The van der Waals surface area contributed by atoms with Gasteiger partial charge in [0.25, 0.3) is 0 Å². The Labute approximate surface area is 138 Å². The zero-order valence-corrected chi connectivity index (χ0v) is 13.4. The summed E-state index contributed by atoms with van der Waals surface area (Å²) in [6, 6.07) is -2.62. The van der Waals surface area contributed by atoms with E-state index in [-0.39, 0.29) is 19.0 Å². The number of rotatable bonds is 3. The van der Waals surface area contributed by atoms with Crippen LogP contribution in [0, 0.1) is 17.3 Å². The summed E-state index contributed by atoms with van der Waals surface area (Å²) in [5.74, 6) is -1.68. The van der Waals surface area contributed by atoms with E-state index in [4.69, 9.17) is 0 Å². The topological polar surface area (TPSA) is 69.6 Å². The highest BCUT2D eigenvalue weighted by atomic mass is 19.4. The molecule has 2 amide bonds. The van der Waals surface area contributed by atoms with Crippen molar-refractivity contribution in [3.05, 3.63) is 0 Å². The Kier molecular flexibility index (Phi) is 4.42. The molecular weight excluding hydrogens is 325 g/mol. The summed E-state index contributed by atoms with van der Waals surface area (Å²) in [6.45, 7) is 0.238. The number of alkyl halides is 3. The first-order valence-corrected chi connectivity index (χ1v) is 8.59. The van der Waals surface area contributed by atoms with Crippen molar-refractivity contribution < 1.29 is 27.9 Å². The summed E-state index contributed by atoms with van der Waals surface area (Å²) in [7, 11) is 0. The summed E-state index contributed by atoms with van der Waals surface area (Å²) in [5.41, 5.74) is -0.974. The maximum atomic E-state index is 13.3. The lowest BCUT2D eigenvalue weighted by atomic mass is 9.81. The number of nitrogens with one attached hydrogen (secondary N) is 1. The largest absolute Gasteiger partial charge is 0.481 e. The van der Waals surface area contributed by atoms with Crippen LogP contribution in [0.15, 0.2) is 0 Å². The van der Waals surface area contributed by atoms with Gasteiger partial charge in [-0.25, -0.2) is 4.79 Å². The van der Waals surface area contributed by atoms with E-state index in [9.17, 15) is 27.9 Å². The van der Waals surface area contributed by atoms with Crippen LogP contribution in [0.3, 0.4) is 0 Å². The van der Waals surface area contributed by atoms with E-state index in [1.165, 1.54) is 4.90 Å². The molecule has 1 heterocycles. The average Bonchev–Trinajstić information content (AvgIpc) is 3.17. The van der Waals surface area contributed by atoms with Crippen LogP contribution in [0.1, 0.15) is 44.9 Å². The van der Waals surface area contributed by atoms with Crippen LogP contribution >= 0.6 is 0 Å². The SMILES string of the molecule is O=C(NC(C1CCCC1)C(F)(F)F)N1C[C@@H]2CCC[C@@]2(C(=O)O)C1. The Bertz CT molecular complexity index is 519. The van der Waals surface area contributed by atoms with Crippen molar-refractivity contribution in [3.8, 4) is 0 Å². The molecule has 0 radical (unpaired) electrons. The molecule has 1 aliphatic heterocycles. The van der Waals surface area contributed by atoms with Gasteiger partial charge >= 0.3 is 18.2 Å². The fourth-order valence-corrected chi connectivity index (χ4v) is 4.78. The number of hydrogen-bond donors (Lipinski definition) is 2. The lowest BCUT2D eigenvalue weighted by molar-refractivity contribution is -0.165. The zero-order chi connectivity index (χ0) is 17.5. The van der Waals surface area contributed by atoms with Gasteiger partial charge in [-0.2, -0.15) is 13.2 Å². The van der Waals surface area contributed by atoms with Gasteiger partial charge in [-0.1, -0.05) is 19.3 Å². The van der Waals surface area contributed by atoms with E-state index in [1.54, 1.807) is 0 Å². The Morgan fingerprint density at radius 1 is 1.17 bits per heavy atom. The molecule has 1 saturated heterocycles. The van der Waals surface area contributed by atoms with Crippen molar-refractivity contribution in [2.75, 3.05) is 13.1 Å². The normalized spacial score (nSPS) is 32.0. The van der Waals surface area contributed by atoms with E-state index in [2.05, 4.69) is 5.32 Å². The molecule has 0 aromatic heterocycles. The third-order valence-electron chi connectivity index (χ3n) is 6.09. The number of amides is 2. The number of urea groups is 1. The number of carbonyl (C=O) groups excluding carboxylic acids is 1. The van der Waals surface area contributed by atoms with Gasteiger partial charge in [-0.15, -0.1) is 0 Å². The molecule has 5 nitrogen and oxygen atoms in total. The van der Waals surface area contributed by atoms with Crippen molar-refractivity contribution in [2.45, 2.75) is 57.2 Å². The molecule has 2 aliphatic carbocycles. The minimum absolute atomic E-state index is 0.00801. The summed E-state index contributed by atoms with van der Waals surface area (Å²) in [5, 5.41) is 11.7. The van der Waals surface area contributed by atoms with Crippen molar-refractivity contribution in [2.24, 2.45) is 17.3 Å². The second-order valence-electron chi connectivity index (χ2n) is 7.44. The molecule has 24 heavy (non-hydrogen) atoms. The molecule has 8 heteroatoms. The van der Waals surface area contributed by atoms with Gasteiger partial charge in [0.15, 0.2) is 0 Å². The number of carbonyl (C=O) groups is 2. The number of likely N-dealkylation sites (tertiary alicyclic amines) is 1. The van der Waals surface area contributed by atoms with E-state index in [0.29, 0.717) is 25.7 Å². The van der Waals surface area contributed by atoms with E-state index >= 15 is 0 Å². The third-order valence-corrected chi connectivity index (χ3v) is 6.09. The Balaban J connectivity index is 1.69. The van der Waals surface area contributed by atoms with Crippen LogP contribution in [0.5, 0.6) is 0 Å². The molecule has 2 saturated carbocycles. The van der Waals surface area contributed by atoms with Crippen LogP contribution < -0.4 is 5.32 Å². The zero-order valence-electron chi connectivity index (χ0n) is 13.4. The molecule has 0 aromatic rings. The number of nitrogens with zero attached hydrogens (tertiary/aromatic N) is 1. The number of carboxylic acids is 1. The van der Waals surface area contributed by atoms with Crippen LogP contribution in [-0.4, -0.2) is 47.3 Å². The monoisotopic (exact) mass is 348 g/mol. The van der Waals surface area contributed by atoms with Gasteiger partial charge in [0.05, 0.1) is 5.41 Å². The molecule has 136 valence electrons. The predicted molar refractivity (Wildman–Crippen MR) is 79.3 cm³/mol. The fraction of sp³-hybridized carbons (Fsp3) is 0.875. The fourth-order valence-electron chi connectivity index (χ4n) is 4.78. The first kappa shape index (κ1) is 17.4. The Morgan fingerprint density at radius 3 is 2.38 bits per heavy atom. The molecule has 3 aliphatic rings. The van der Waals surface area contributed by atoms with Gasteiger partial charge in [-0.05, 0) is 37.5 Å². The van der Waals surface area contributed by atoms with Gasteiger partial charge in [-0.3, -0.25) is 4.79 Å². The highest BCUT2D eigenvalue weighted by molar-refractivity contribution is 5.80. The third kappa shape index (κ3) is 2.95. The van der Waals surface area contributed by atoms with E-state index in [0.717, 1.165) is 19.3 Å². The average molecular weight is 348 g/mol. The van der Waals surface area contributed by atoms with E-state index < -0.39 is 35.6 Å². The Morgan fingerprint density at radius 2 is 1.83 bits per heavy atom. The molecule has 0 bridgehead atoms. The maximum Gasteiger partial charge on any atom is 0.408 e. The standard InChI is InChI=1S/C16H23F3N2O3/c17-16(18,19)12(10-4-1-2-5-10)20-14(24)21-8-11-6-3-7-15(11,9-21)13(22)23/h10-12H,1-9H2,(H,20,24)(H,22,23)/t11-,12?,15+/m0/s1. The van der Waals surface area contributed by atoms with Gasteiger partial charge in [0.1, 0.15) is 6.04 Å². The molecule has 1 unspecified atom stereocenters. The molecular formula is C16H23F3N2O3. The number of aliphatic carboxylic acids is 1. The van der Waals surface area contributed by atoms with E-state index in [1.807, 2.05) is 0 Å². The lowest BCUT2D eigenvalue weighted by Crippen LogP contribution is -2.53. The molecule has 0 aromatic carbocycles. The number of halogens is 3.